The van der Waals surface area contributed by atoms with Crippen LogP contribution in [0, 0.1) is 12.8 Å². The Morgan fingerprint density at radius 2 is 2.26 bits per heavy atom. The number of hydrogen-bond donors (Lipinski definition) is 2. The molecule has 0 heterocycles. The number of benzene rings is 1. The summed E-state index contributed by atoms with van der Waals surface area (Å²) in [6, 6.07) is 5.55. The van der Waals surface area contributed by atoms with E-state index in [-0.39, 0.29) is 24.8 Å². The maximum atomic E-state index is 13.2. The summed E-state index contributed by atoms with van der Waals surface area (Å²) in [5, 5.41) is 0.662. The van der Waals surface area contributed by atoms with E-state index >= 15 is 0 Å². The van der Waals surface area contributed by atoms with Crippen LogP contribution in [0.5, 0.6) is 0 Å². The summed E-state index contributed by atoms with van der Waals surface area (Å²) in [4.78, 5) is 0. The van der Waals surface area contributed by atoms with Crippen molar-refractivity contribution < 1.29 is 8.78 Å². The molecule has 0 saturated heterocycles. The standard InChI is InChI=1S/C14H19ClF2N2/c1-9-3-2-4-11(13(9)15)12(19-18)7-10-5-6-14(16,17)8-10/h2-4,10,12,19H,5-8,18H2,1H3. The Balaban J connectivity index is 2.11. The number of nitrogens with two attached hydrogens (primary N) is 1. The van der Waals surface area contributed by atoms with Crippen molar-refractivity contribution >= 4 is 11.6 Å². The van der Waals surface area contributed by atoms with E-state index in [9.17, 15) is 8.78 Å². The molecule has 1 aromatic carbocycles. The van der Waals surface area contributed by atoms with Gasteiger partial charge in [-0.25, -0.2) is 8.78 Å². The minimum atomic E-state index is -2.51. The maximum absolute atomic E-state index is 13.2. The monoisotopic (exact) mass is 288 g/mol. The highest BCUT2D eigenvalue weighted by molar-refractivity contribution is 6.32. The molecule has 0 aromatic heterocycles. The van der Waals surface area contributed by atoms with Gasteiger partial charge in [0.15, 0.2) is 0 Å². The Kier molecular flexibility index (Phi) is 4.43. The third kappa shape index (κ3) is 3.44. The van der Waals surface area contributed by atoms with Crippen molar-refractivity contribution in [2.45, 2.75) is 44.6 Å². The van der Waals surface area contributed by atoms with Gasteiger partial charge in [-0.3, -0.25) is 11.3 Å². The van der Waals surface area contributed by atoms with Gasteiger partial charge in [-0.05, 0) is 36.8 Å². The van der Waals surface area contributed by atoms with Crippen LogP contribution < -0.4 is 11.3 Å². The Bertz CT molecular complexity index is 451. The number of rotatable bonds is 4. The largest absolute Gasteiger partial charge is 0.271 e. The van der Waals surface area contributed by atoms with Gasteiger partial charge >= 0.3 is 0 Å². The van der Waals surface area contributed by atoms with Crippen molar-refractivity contribution in [2.24, 2.45) is 11.8 Å². The number of nitrogens with one attached hydrogen (secondary N) is 1. The van der Waals surface area contributed by atoms with Crippen molar-refractivity contribution in [3.63, 3.8) is 0 Å². The Morgan fingerprint density at radius 3 is 2.84 bits per heavy atom. The first-order chi connectivity index (χ1) is 8.93. The highest BCUT2D eigenvalue weighted by Gasteiger charge is 2.40. The van der Waals surface area contributed by atoms with Crippen LogP contribution in [0.4, 0.5) is 8.78 Å². The number of hydrogen-bond acceptors (Lipinski definition) is 2. The molecule has 3 N–H and O–H groups in total. The van der Waals surface area contributed by atoms with Gasteiger partial charge in [-0.15, -0.1) is 0 Å². The second-order valence-corrected chi connectivity index (χ2v) is 5.78. The summed E-state index contributed by atoms with van der Waals surface area (Å²) >= 11 is 6.26. The van der Waals surface area contributed by atoms with Crippen molar-refractivity contribution in [1.82, 2.24) is 5.43 Å². The summed E-state index contributed by atoms with van der Waals surface area (Å²) in [5.74, 6) is 3.05. The average molecular weight is 289 g/mol. The van der Waals surface area contributed by atoms with Crippen molar-refractivity contribution in [3.05, 3.63) is 34.3 Å². The zero-order chi connectivity index (χ0) is 14.0. The van der Waals surface area contributed by atoms with Gasteiger partial charge in [-0.2, -0.15) is 0 Å². The van der Waals surface area contributed by atoms with E-state index in [0.717, 1.165) is 11.1 Å². The second kappa shape index (κ2) is 5.73. The molecule has 2 unspecified atom stereocenters. The predicted octanol–water partition coefficient (Wildman–Crippen LogP) is 3.98. The van der Waals surface area contributed by atoms with Crippen LogP contribution in [0.2, 0.25) is 5.02 Å². The molecule has 1 saturated carbocycles. The minimum absolute atomic E-state index is 0.00683. The van der Waals surface area contributed by atoms with E-state index in [4.69, 9.17) is 17.4 Å². The highest BCUT2D eigenvalue weighted by Crippen LogP contribution is 2.43. The molecule has 5 heteroatoms. The first-order valence-electron chi connectivity index (χ1n) is 6.52. The van der Waals surface area contributed by atoms with E-state index in [0.29, 0.717) is 17.9 Å². The van der Waals surface area contributed by atoms with Crippen LogP contribution in [-0.2, 0) is 0 Å². The van der Waals surface area contributed by atoms with Crippen LogP contribution in [-0.4, -0.2) is 5.92 Å². The van der Waals surface area contributed by atoms with Gasteiger partial charge in [-0.1, -0.05) is 29.8 Å². The second-order valence-electron chi connectivity index (χ2n) is 5.40. The van der Waals surface area contributed by atoms with Gasteiger partial charge in [0.05, 0.1) is 0 Å². The fourth-order valence-corrected chi connectivity index (χ4v) is 3.06. The first kappa shape index (κ1) is 14.7. The Morgan fingerprint density at radius 1 is 1.53 bits per heavy atom. The molecule has 1 aromatic rings. The molecule has 0 radical (unpaired) electrons. The van der Waals surface area contributed by atoms with Gasteiger partial charge < -0.3 is 0 Å². The molecule has 19 heavy (non-hydrogen) atoms. The summed E-state index contributed by atoms with van der Waals surface area (Å²) < 4.78 is 26.4. The lowest BCUT2D eigenvalue weighted by Gasteiger charge is -2.22. The van der Waals surface area contributed by atoms with E-state index in [1.54, 1.807) is 0 Å². The SMILES string of the molecule is Cc1cccc(C(CC2CCC(F)(F)C2)NN)c1Cl. The number of alkyl halides is 2. The topological polar surface area (TPSA) is 38.0 Å². The van der Waals surface area contributed by atoms with Crippen LogP contribution in [0.1, 0.15) is 42.9 Å². The minimum Gasteiger partial charge on any atom is -0.271 e. The lowest BCUT2D eigenvalue weighted by Crippen LogP contribution is -2.30. The fraction of sp³-hybridized carbons (Fsp3) is 0.571. The smallest absolute Gasteiger partial charge is 0.248 e. The van der Waals surface area contributed by atoms with Gasteiger partial charge in [0.2, 0.25) is 5.92 Å². The van der Waals surface area contributed by atoms with Crippen molar-refractivity contribution in [1.29, 1.82) is 0 Å². The van der Waals surface area contributed by atoms with Crippen LogP contribution in [0.15, 0.2) is 18.2 Å². The normalized spacial score (nSPS) is 23.5. The molecule has 106 valence electrons. The zero-order valence-electron chi connectivity index (χ0n) is 10.9. The predicted molar refractivity (Wildman–Crippen MR) is 73.2 cm³/mol. The van der Waals surface area contributed by atoms with Crippen LogP contribution >= 0.6 is 11.6 Å². The summed E-state index contributed by atoms with van der Waals surface area (Å²) in [6.45, 7) is 1.92. The third-order valence-corrected chi connectivity index (χ3v) is 4.39. The van der Waals surface area contributed by atoms with Gasteiger partial charge in [0.25, 0.3) is 0 Å². The van der Waals surface area contributed by atoms with E-state index in [1.165, 1.54) is 0 Å². The lowest BCUT2D eigenvalue weighted by atomic mass is 9.93. The molecule has 0 amide bonds. The fourth-order valence-electron chi connectivity index (χ4n) is 2.80. The molecule has 2 rings (SSSR count). The molecular formula is C14H19ClF2N2. The average Bonchev–Trinajstić information content (AvgIpc) is 2.70. The molecule has 0 bridgehead atoms. The summed E-state index contributed by atoms with van der Waals surface area (Å²) in [5.41, 5.74) is 4.57. The van der Waals surface area contributed by atoms with Crippen LogP contribution in [0.3, 0.4) is 0 Å². The van der Waals surface area contributed by atoms with Crippen LogP contribution in [0.25, 0.3) is 0 Å². The molecule has 1 fully saturated rings. The highest BCUT2D eigenvalue weighted by atomic mass is 35.5. The third-order valence-electron chi connectivity index (χ3n) is 3.87. The quantitative estimate of drug-likeness (QED) is 0.650. The van der Waals surface area contributed by atoms with Gasteiger partial charge in [0.1, 0.15) is 0 Å². The molecule has 1 aliphatic carbocycles. The maximum Gasteiger partial charge on any atom is 0.248 e. The molecule has 0 spiro atoms. The summed E-state index contributed by atoms with van der Waals surface area (Å²) in [7, 11) is 0. The first-order valence-corrected chi connectivity index (χ1v) is 6.90. The molecular weight excluding hydrogens is 270 g/mol. The van der Waals surface area contributed by atoms with Crippen molar-refractivity contribution in [3.8, 4) is 0 Å². The molecule has 2 atom stereocenters. The molecule has 1 aliphatic rings. The Labute approximate surface area is 117 Å². The summed E-state index contributed by atoms with van der Waals surface area (Å²) in [6.07, 6.45) is 1.08. The number of halogens is 3. The number of aryl methyl sites for hydroxylation is 1. The molecule has 2 nitrogen and oxygen atoms in total. The Hall–Kier alpha value is -0.710. The van der Waals surface area contributed by atoms with E-state index in [1.807, 2.05) is 25.1 Å². The van der Waals surface area contributed by atoms with E-state index < -0.39 is 5.92 Å². The van der Waals surface area contributed by atoms with Gasteiger partial charge in [0, 0.05) is 23.9 Å². The number of hydrazine groups is 1. The van der Waals surface area contributed by atoms with E-state index in [2.05, 4.69) is 5.43 Å². The lowest BCUT2D eigenvalue weighted by molar-refractivity contribution is 0.00430. The van der Waals surface area contributed by atoms with Crippen molar-refractivity contribution in [2.75, 3.05) is 0 Å². The zero-order valence-corrected chi connectivity index (χ0v) is 11.7. The molecule has 0 aliphatic heterocycles.